The van der Waals surface area contributed by atoms with Gasteiger partial charge in [-0.25, -0.2) is 8.42 Å². The number of hydrogen-bond donors (Lipinski definition) is 1. The maximum atomic E-state index is 12.6. The summed E-state index contributed by atoms with van der Waals surface area (Å²) in [5, 5.41) is 9.60. The van der Waals surface area contributed by atoms with E-state index in [2.05, 4.69) is 15.9 Å². The number of halogens is 2. The standard InChI is InChI=1S/C12H13BrClNO4S/c13-9-7-8(14)4-5-11(9)20(18,19)15-6-2-1-3-10(15)12(16)17/h4-5,7,10H,1-3,6H2,(H,16,17). The van der Waals surface area contributed by atoms with Gasteiger partial charge in [-0.2, -0.15) is 4.31 Å². The Balaban J connectivity index is 2.45. The van der Waals surface area contributed by atoms with E-state index < -0.39 is 22.0 Å². The number of carboxylic acids is 1. The molecule has 0 bridgehead atoms. The Kier molecular flexibility index (Phi) is 4.73. The Morgan fingerprint density at radius 3 is 2.70 bits per heavy atom. The molecule has 5 nitrogen and oxygen atoms in total. The van der Waals surface area contributed by atoms with Crippen molar-refractivity contribution >= 4 is 43.5 Å². The second kappa shape index (κ2) is 6.01. The number of benzene rings is 1. The summed E-state index contributed by atoms with van der Waals surface area (Å²) in [7, 11) is -3.86. The molecule has 1 N–H and O–H groups in total. The fourth-order valence-electron chi connectivity index (χ4n) is 2.25. The maximum absolute atomic E-state index is 12.6. The largest absolute Gasteiger partial charge is 0.480 e. The molecule has 1 saturated heterocycles. The van der Waals surface area contributed by atoms with Crippen molar-refractivity contribution in [3.63, 3.8) is 0 Å². The van der Waals surface area contributed by atoms with Gasteiger partial charge in [-0.05, 0) is 53.4 Å². The van der Waals surface area contributed by atoms with E-state index in [-0.39, 0.29) is 11.4 Å². The van der Waals surface area contributed by atoms with Gasteiger partial charge in [0.25, 0.3) is 0 Å². The molecule has 1 aliphatic rings. The lowest BCUT2D eigenvalue weighted by atomic mass is 10.1. The minimum absolute atomic E-state index is 0.0371. The first-order chi connectivity index (χ1) is 9.34. The average Bonchev–Trinajstić information content (AvgIpc) is 2.38. The van der Waals surface area contributed by atoms with Crippen molar-refractivity contribution in [1.82, 2.24) is 4.31 Å². The van der Waals surface area contributed by atoms with E-state index in [0.717, 1.165) is 4.31 Å². The first-order valence-corrected chi connectivity index (χ1v) is 8.65. The Hall–Kier alpha value is -0.630. The molecule has 1 aliphatic heterocycles. The van der Waals surface area contributed by atoms with Gasteiger partial charge < -0.3 is 5.11 Å². The molecule has 8 heteroatoms. The van der Waals surface area contributed by atoms with Gasteiger partial charge >= 0.3 is 5.97 Å². The highest BCUT2D eigenvalue weighted by molar-refractivity contribution is 9.10. The topological polar surface area (TPSA) is 74.7 Å². The normalized spacial score (nSPS) is 20.8. The maximum Gasteiger partial charge on any atom is 0.322 e. The zero-order valence-corrected chi connectivity index (χ0v) is 13.6. The molecule has 1 fully saturated rings. The third-order valence-corrected chi connectivity index (χ3v) is 6.34. The van der Waals surface area contributed by atoms with Crippen molar-refractivity contribution in [2.75, 3.05) is 6.54 Å². The third kappa shape index (κ3) is 3.00. The smallest absolute Gasteiger partial charge is 0.322 e. The van der Waals surface area contributed by atoms with E-state index in [1.807, 2.05) is 0 Å². The molecule has 0 spiro atoms. The van der Waals surface area contributed by atoms with E-state index in [1.165, 1.54) is 18.2 Å². The number of aliphatic carboxylic acids is 1. The van der Waals surface area contributed by atoms with Crippen LogP contribution < -0.4 is 0 Å². The van der Waals surface area contributed by atoms with E-state index in [9.17, 15) is 18.3 Å². The van der Waals surface area contributed by atoms with Gasteiger partial charge in [0.1, 0.15) is 6.04 Å². The molecule has 1 unspecified atom stereocenters. The molecule has 0 radical (unpaired) electrons. The molecule has 110 valence electrons. The number of nitrogens with zero attached hydrogens (tertiary/aromatic N) is 1. The molecule has 1 aromatic rings. The molecule has 2 rings (SSSR count). The molecule has 1 heterocycles. The van der Waals surface area contributed by atoms with Gasteiger partial charge in [-0.15, -0.1) is 0 Å². The van der Waals surface area contributed by atoms with Crippen LogP contribution in [0.25, 0.3) is 0 Å². The monoisotopic (exact) mass is 381 g/mol. The molecular formula is C12H13BrClNO4S. The van der Waals surface area contributed by atoms with Crippen LogP contribution in [0.5, 0.6) is 0 Å². The summed E-state index contributed by atoms with van der Waals surface area (Å²) in [4.78, 5) is 11.3. The van der Waals surface area contributed by atoms with E-state index in [0.29, 0.717) is 28.8 Å². The quantitative estimate of drug-likeness (QED) is 0.872. The molecule has 1 atom stereocenters. The molecule has 20 heavy (non-hydrogen) atoms. The molecule has 0 amide bonds. The Bertz CT molecular complexity index is 634. The van der Waals surface area contributed by atoms with Crippen LogP contribution >= 0.6 is 27.5 Å². The van der Waals surface area contributed by atoms with E-state index in [4.69, 9.17) is 11.6 Å². The minimum Gasteiger partial charge on any atom is -0.480 e. The Morgan fingerprint density at radius 2 is 2.10 bits per heavy atom. The lowest BCUT2D eigenvalue weighted by molar-refractivity contribution is -0.142. The first kappa shape index (κ1) is 15.8. The third-order valence-electron chi connectivity index (χ3n) is 3.22. The summed E-state index contributed by atoms with van der Waals surface area (Å²) in [5.41, 5.74) is 0. The van der Waals surface area contributed by atoms with Crippen molar-refractivity contribution in [3.05, 3.63) is 27.7 Å². The Labute approximate surface area is 130 Å². The number of carboxylic acid groups (broad SMARTS) is 1. The van der Waals surface area contributed by atoms with Crippen LogP contribution in [0.2, 0.25) is 5.02 Å². The van der Waals surface area contributed by atoms with Crippen LogP contribution in [0, 0.1) is 0 Å². The van der Waals surface area contributed by atoms with Crippen LogP contribution in [-0.2, 0) is 14.8 Å². The van der Waals surface area contributed by atoms with Gasteiger partial charge in [0.05, 0.1) is 4.90 Å². The molecule has 0 aromatic heterocycles. The number of piperidine rings is 1. The van der Waals surface area contributed by atoms with Crippen molar-refractivity contribution < 1.29 is 18.3 Å². The van der Waals surface area contributed by atoms with Crippen LogP contribution in [-0.4, -0.2) is 36.4 Å². The van der Waals surface area contributed by atoms with Crippen LogP contribution in [0.15, 0.2) is 27.6 Å². The number of carbonyl (C=O) groups is 1. The average molecular weight is 383 g/mol. The SMILES string of the molecule is O=C(O)C1CCCCN1S(=O)(=O)c1ccc(Cl)cc1Br. The zero-order chi connectivity index (χ0) is 14.9. The Morgan fingerprint density at radius 1 is 1.40 bits per heavy atom. The molecular weight excluding hydrogens is 370 g/mol. The lowest BCUT2D eigenvalue weighted by Gasteiger charge is -2.32. The predicted molar refractivity (Wildman–Crippen MR) is 78.3 cm³/mol. The summed E-state index contributed by atoms with van der Waals surface area (Å²) in [5.74, 6) is -1.11. The van der Waals surface area contributed by atoms with E-state index >= 15 is 0 Å². The lowest BCUT2D eigenvalue weighted by Crippen LogP contribution is -2.47. The first-order valence-electron chi connectivity index (χ1n) is 6.04. The number of rotatable bonds is 3. The predicted octanol–water partition coefficient (Wildman–Crippen LogP) is 2.73. The van der Waals surface area contributed by atoms with Gasteiger partial charge in [0.15, 0.2) is 0 Å². The fourth-order valence-corrected chi connectivity index (χ4v) is 5.24. The number of hydrogen-bond acceptors (Lipinski definition) is 3. The zero-order valence-electron chi connectivity index (χ0n) is 10.4. The minimum atomic E-state index is -3.86. The van der Waals surface area contributed by atoms with Crippen molar-refractivity contribution in [2.45, 2.75) is 30.2 Å². The number of sulfonamides is 1. The molecule has 0 saturated carbocycles. The highest BCUT2D eigenvalue weighted by Crippen LogP contribution is 2.31. The summed E-state index contributed by atoms with van der Waals surface area (Å²) in [6.07, 6.45) is 1.71. The molecule has 1 aromatic carbocycles. The van der Waals surface area contributed by atoms with Crippen molar-refractivity contribution in [2.24, 2.45) is 0 Å². The van der Waals surface area contributed by atoms with Gasteiger partial charge in [0.2, 0.25) is 10.0 Å². The summed E-state index contributed by atoms with van der Waals surface area (Å²) < 4.78 is 26.6. The highest BCUT2D eigenvalue weighted by atomic mass is 79.9. The fraction of sp³-hybridized carbons (Fsp3) is 0.417. The van der Waals surface area contributed by atoms with Crippen LogP contribution in [0.4, 0.5) is 0 Å². The summed E-state index contributed by atoms with van der Waals surface area (Å²) >= 11 is 8.97. The van der Waals surface area contributed by atoms with Gasteiger partial charge in [0, 0.05) is 16.0 Å². The highest BCUT2D eigenvalue weighted by Gasteiger charge is 2.38. The van der Waals surface area contributed by atoms with Crippen molar-refractivity contribution in [1.29, 1.82) is 0 Å². The van der Waals surface area contributed by atoms with Crippen molar-refractivity contribution in [3.8, 4) is 0 Å². The van der Waals surface area contributed by atoms with Gasteiger partial charge in [-0.3, -0.25) is 4.79 Å². The van der Waals surface area contributed by atoms with Gasteiger partial charge in [-0.1, -0.05) is 11.6 Å². The second-order valence-corrected chi connectivity index (χ2v) is 7.69. The molecule has 0 aliphatic carbocycles. The van der Waals surface area contributed by atoms with Crippen LogP contribution in [0.3, 0.4) is 0 Å². The van der Waals surface area contributed by atoms with E-state index in [1.54, 1.807) is 0 Å². The summed E-state index contributed by atoms with van der Waals surface area (Å²) in [6.45, 7) is 0.217. The summed E-state index contributed by atoms with van der Waals surface area (Å²) in [6, 6.07) is 3.33. The van der Waals surface area contributed by atoms with Crippen LogP contribution in [0.1, 0.15) is 19.3 Å². The second-order valence-electron chi connectivity index (χ2n) is 4.54.